The second-order valence-corrected chi connectivity index (χ2v) is 7.66. The molecule has 0 radical (unpaired) electrons. The number of aliphatic hydroxyl groups excluding tert-OH is 3. The molecule has 0 aliphatic carbocycles. The van der Waals surface area contributed by atoms with Crippen LogP contribution in [-0.4, -0.2) is 81.8 Å². The molecule has 1 fully saturated rings. The van der Waals surface area contributed by atoms with Gasteiger partial charge in [-0.15, -0.1) is 4.98 Å². The molecule has 36 heavy (non-hydrogen) atoms. The molecule has 0 spiro atoms. The van der Waals surface area contributed by atoms with E-state index < -0.39 is 37.3 Å². The molecule has 1 aromatic heterocycles. The van der Waals surface area contributed by atoms with Crippen LogP contribution in [0.15, 0.2) is 64.8 Å². The van der Waals surface area contributed by atoms with Gasteiger partial charge in [0, 0.05) is 12.8 Å². The number of nitrogens with zero attached hydrogens (tertiary/aromatic N) is 5. The Kier molecular flexibility index (Phi) is 8.30. The van der Waals surface area contributed by atoms with Crippen molar-refractivity contribution in [3.63, 3.8) is 0 Å². The van der Waals surface area contributed by atoms with Gasteiger partial charge in [-0.1, -0.05) is 18.2 Å². The molecule has 13 heteroatoms. The van der Waals surface area contributed by atoms with Gasteiger partial charge in [-0.05, 0) is 36.4 Å². The number of rotatable bonds is 9. The Bertz CT molecular complexity index is 1150. The van der Waals surface area contributed by atoms with Crippen LogP contribution >= 0.6 is 0 Å². The number of ether oxygens (including phenoxy) is 4. The molecule has 4 rings (SSSR count). The molecule has 0 unspecified atom stereocenters. The summed E-state index contributed by atoms with van der Waals surface area (Å²) in [5.41, 5.74) is 2.03. The van der Waals surface area contributed by atoms with Gasteiger partial charge in [0.1, 0.15) is 18.3 Å². The smallest absolute Gasteiger partial charge is 0.324 e. The summed E-state index contributed by atoms with van der Waals surface area (Å²) in [4.78, 5) is 12.4. The summed E-state index contributed by atoms with van der Waals surface area (Å²) in [6.45, 7) is -0.504. The number of nitrogens with one attached hydrogen (secondary N) is 1. The Hall–Kier alpha value is -3.75. The normalized spacial score (nSPS) is 24.0. The van der Waals surface area contributed by atoms with Crippen molar-refractivity contribution >= 4 is 23.0 Å². The molecule has 2 heterocycles. The second kappa shape index (κ2) is 11.8. The number of aliphatic hydroxyl groups is 3. The van der Waals surface area contributed by atoms with Crippen molar-refractivity contribution in [1.82, 2.24) is 15.0 Å². The molecule has 1 aliphatic rings. The van der Waals surface area contributed by atoms with E-state index in [-0.39, 0.29) is 18.0 Å². The number of benzene rings is 2. The zero-order chi connectivity index (χ0) is 25.5. The number of hydrogen-bond donors (Lipinski definition) is 4. The lowest BCUT2D eigenvalue weighted by Gasteiger charge is -2.40. The zero-order valence-electron chi connectivity index (χ0n) is 19.5. The number of methoxy groups -OCH3 is 2. The van der Waals surface area contributed by atoms with Crippen LogP contribution in [0.1, 0.15) is 0 Å². The molecule has 0 saturated carbocycles. The van der Waals surface area contributed by atoms with Crippen molar-refractivity contribution in [3.8, 4) is 12.0 Å². The molecular weight excluding hydrogens is 472 g/mol. The maximum Gasteiger partial charge on any atom is 0.324 e. The van der Waals surface area contributed by atoms with Crippen LogP contribution < -0.4 is 14.8 Å². The molecule has 0 amide bonds. The molecular formula is C23H26N6O7. The van der Waals surface area contributed by atoms with Crippen LogP contribution in [0.5, 0.6) is 12.0 Å². The van der Waals surface area contributed by atoms with Gasteiger partial charge in [0.15, 0.2) is 12.4 Å². The number of anilines is 2. The van der Waals surface area contributed by atoms with Gasteiger partial charge in [0.05, 0.1) is 25.1 Å². The van der Waals surface area contributed by atoms with Gasteiger partial charge in [-0.3, -0.25) is 0 Å². The fraction of sp³-hybridized carbons (Fsp3) is 0.348. The zero-order valence-corrected chi connectivity index (χ0v) is 19.5. The lowest BCUT2D eigenvalue weighted by atomic mass is 9.99. The largest absolute Gasteiger partial charge is 0.467 e. The standard InChI is InChI=1S/C23H26N6O7/c1-33-20-18(32)17(31)19(16(12-30)35-20)36-23-26-21(25-22(27-23)34-2)24-13-8-10-15(11-9-13)29-28-14-6-4-3-5-7-14/h3-11,16-20,30-32H,12H2,1-2H3,(H,24,25,26,27)/t16-,17-,18-,19-,20+/m1/s1. The molecule has 0 bridgehead atoms. The maximum absolute atomic E-state index is 10.5. The van der Waals surface area contributed by atoms with E-state index in [9.17, 15) is 15.3 Å². The fourth-order valence-electron chi connectivity index (χ4n) is 3.40. The van der Waals surface area contributed by atoms with Gasteiger partial charge in [0.25, 0.3) is 0 Å². The van der Waals surface area contributed by atoms with Crippen molar-refractivity contribution in [3.05, 3.63) is 54.6 Å². The molecule has 4 N–H and O–H groups in total. The van der Waals surface area contributed by atoms with Crippen LogP contribution in [0.2, 0.25) is 0 Å². The minimum absolute atomic E-state index is 0.0575. The Morgan fingerprint density at radius 3 is 2.19 bits per heavy atom. The summed E-state index contributed by atoms with van der Waals surface area (Å²) in [7, 11) is 2.68. The summed E-state index contributed by atoms with van der Waals surface area (Å²) in [5, 5.41) is 41.8. The SMILES string of the molecule is COc1nc(Nc2ccc(N=Nc3ccccc3)cc2)nc(O[C@H]2[C@H](O)[C@@H](O)[C@@H](OC)O[C@@H]2CO)n1. The van der Waals surface area contributed by atoms with Crippen molar-refractivity contribution in [2.75, 3.05) is 26.1 Å². The summed E-state index contributed by atoms with van der Waals surface area (Å²) < 4.78 is 21.3. The van der Waals surface area contributed by atoms with E-state index in [0.29, 0.717) is 11.4 Å². The molecule has 13 nitrogen and oxygen atoms in total. The van der Waals surface area contributed by atoms with Crippen LogP contribution in [0.3, 0.4) is 0 Å². The van der Waals surface area contributed by atoms with E-state index in [2.05, 4.69) is 30.5 Å². The molecule has 3 aromatic rings. The highest BCUT2D eigenvalue weighted by Crippen LogP contribution is 2.27. The quantitative estimate of drug-likeness (QED) is 0.317. The highest BCUT2D eigenvalue weighted by atomic mass is 16.7. The summed E-state index contributed by atoms with van der Waals surface area (Å²) in [6.07, 6.45) is -6.19. The van der Waals surface area contributed by atoms with Crippen molar-refractivity contribution in [2.24, 2.45) is 10.2 Å². The van der Waals surface area contributed by atoms with Crippen LogP contribution in [0.25, 0.3) is 0 Å². The third-order valence-electron chi connectivity index (χ3n) is 5.23. The van der Waals surface area contributed by atoms with E-state index in [4.69, 9.17) is 18.9 Å². The molecule has 1 saturated heterocycles. The number of hydrogen-bond acceptors (Lipinski definition) is 13. The fourth-order valence-corrected chi connectivity index (χ4v) is 3.40. The van der Waals surface area contributed by atoms with Gasteiger partial charge < -0.3 is 39.6 Å². The Morgan fingerprint density at radius 2 is 1.56 bits per heavy atom. The first-order valence-electron chi connectivity index (χ1n) is 11.0. The van der Waals surface area contributed by atoms with Crippen LogP contribution in [0.4, 0.5) is 23.0 Å². The summed E-state index contributed by atoms with van der Waals surface area (Å²) in [6, 6.07) is 16.2. The average Bonchev–Trinajstić information content (AvgIpc) is 2.91. The molecule has 190 valence electrons. The number of aromatic nitrogens is 3. The first-order valence-corrected chi connectivity index (χ1v) is 11.0. The van der Waals surface area contributed by atoms with E-state index >= 15 is 0 Å². The predicted octanol–water partition coefficient (Wildman–Crippen LogP) is 1.87. The minimum atomic E-state index is -1.45. The second-order valence-electron chi connectivity index (χ2n) is 7.66. The van der Waals surface area contributed by atoms with Crippen molar-refractivity contribution in [1.29, 1.82) is 0 Å². The summed E-state index contributed by atoms with van der Waals surface area (Å²) in [5.74, 6) is 0.0950. The van der Waals surface area contributed by atoms with Crippen molar-refractivity contribution < 1.29 is 34.3 Å². The predicted molar refractivity (Wildman–Crippen MR) is 126 cm³/mol. The molecule has 5 atom stereocenters. The molecule has 1 aliphatic heterocycles. The third kappa shape index (κ3) is 6.08. The van der Waals surface area contributed by atoms with Gasteiger partial charge in [0.2, 0.25) is 5.95 Å². The highest BCUT2D eigenvalue weighted by molar-refractivity contribution is 5.57. The Balaban J connectivity index is 1.48. The topological polar surface area (TPSA) is 173 Å². The Labute approximate surface area is 206 Å². The Morgan fingerprint density at radius 1 is 0.889 bits per heavy atom. The van der Waals surface area contributed by atoms with E-state index in [1.165, 1.54) is 14.2 Å². The highest BCUT2D eigenvalue weighted by Gasteiger charge is 2.46. The first-order chi connectivity index (χ1) is 17.5. The average molecular weight is 498 g/mol. The van der Waals surface area contributed by atoms with Gasteiger partial charge >= 0.3 is 12.0 Å². The van der Waals surface area contributed by atoms with Gasteiger partial charge in [-0.2, -0.15) is 20.2 Å². The minimum Gasteiger partial charge on any atom is -0.467 e. The van der Waals surface area contributed by atoms with Gasteiger partial charge in [-0.25, -0.2) is 0 Å². The van der Waals surface area contributed by atoms with E-state index in [0.717, 1.165) is 5.69 Å². The lowest BCUT2D eigenvalue weighted by Crippen LogP contribution is -2.61. The van der Waals surface area contributed by atoms with Crippen LogP contribution in [-0.2, 0) is 9.47 Å². The number of azo groups is 1. The maximum atomic E-state index is 10.5. The van der Waals surface area contributed by atoms with Crippen molar-refractivity contribution in [2.45, 2.75) is 30.7 Å². The monoisotopic (exact) mass is 498 g/mol. The lowest BCUT2D eigenvalue weighted by molar-refractivity contribution is -0.290. The summed E-state index contributed by atoms with van der Waals surface area (Å²) >= 11 is 0. The molecule has 2 aromatic carbocycles. The first kappa shape index (κ1) is 25.3. The third-order valence-corrected chi connectivity index (χ3v) is 5.23. The van der Waals surface area contributed by atoms with Crippen LogP contribution in [0, 0.1) is 0 Å². The van der Waals surface area contributed by atoms with E-state index in [1.54, 1.807) is 24.3 Å². The van der Waals surface area contributed by atoms with E-state index in [1.807, 2.05) is 30.3 Å².